The van der Waals surface area contributed by atoms with Gasteiger partial charge in [0, 0.05) is 44.5 Å². The van der Waals surface area contributed by atoms with E-state index in [0.717, 1.165) is 13.1 Å². The second-order valence-electron chi connectivity index (χ2n) is 3.70. The van der Waals surface area contributed by atoms with E-state index >= 15 is 0 Å². The van der Waals surface area contributed by atoms with Gasteiger partial charge in [0.2, 0.25) is 5.91 Å². The lowest BCUT2D eigenvalue weighted by molar-refractivity contribution is -0.119. The van der Waals surface area contributed by atoms with Gasteiger partial charge in [0.15, 0.2) is 0 Å². The topological polar surface area (TPSA) is 46.1 Å². The van der Waals surface area contributed by atoms with Gasteiger partial charge in [-0.2, -0.15) is 0 Å². The summed E-state index contributed by atoms with van der Waals surface area (Å²) in [5.74, 6) is 0.148. The normalized spacial score (nSPS) is 21.2. The van der Waals surface area contributed by atoms with Gasteiger partial charge in [-0.15, -0.1) is 0 Å². The van der Waals surface area contributed by atoms with E-state index in [1.807, 2.05) is 19.3 Å². The number of hydrogen-bond acceptors (Lipinski definition) is 2. The third kappa shape index (κ3) is 1.96. The number of aromatic nitrogens is 1. The van der Waals surface area contributed by atoms with Crippen molar-refractivity contribution in [1.29, 1.82) is 0 Å². The Kier molecular flexibility index (Phi) is 2.54. The van der Waals surface area contributed by atoms with Crippen LogP contribution in [0.15, 0.2) is 18.3 Å². The fraction of sp³-hybridized carbons (Fsp3) is 0.500. The van der Waals surface area contributed by atoms with Crippen molar-refractivity contribution in [3.8, 4) is 0 Å². The Morgan fingerprint density at radius 3 is 3.14 bits per heavy atom. The zero-order valence-corrected chi connectivity index (χ0v) is 8.29. The van der Waals surface area contributed by atoms with Crippen molar-refractivity contribution in [3.63, 3.8) is 0 Å². The van der Waals surface area contributed by atoms with Crippen LogP contribution in [0.5, 0.6) is 0 Å². The molecule has 1 fully saturated rings. The molecule has 4 nitrogen and oxygen atoms in total. The molecule has 0 aromatic carbocycles. The summed E-state index contributed by atoms with van der Waals surface area (Å²) in [6.07, 6.45) is 2.62. The van der Waals surface area contributed by atoms with Gasteiger partial charge in [-0.3, -0.25) is 4.79 Å². The number of aryl methyl sites for hydroxylation is 1. The highest BCUT2D eigenvalue weighted by atomic mass is 16.1. The van der Waals surface area contributed by atoms with Crippen molar-refractivity contribution in [2.45, 2.75) is 19.0 Å². The fourth-order valence-corrected chi connectivity index (χ4v) is 1.68. The molecule has 14 heavy (non-hydrogen) atoms. The summed E-state index contributed by atoms with van der Waals surface area (Å²) in [6, 6.07) is 4.39. The molecule has 4 heteroatoms. The molecule has 1 aromatic heterocycles. The van der Waals surface area contributed by atoms with E-state index in [0.29, 0.717) is 6.42 Å². The molecule has 0 radical (unpaired) electrons. The SMILES string of the molecule is Cn1cccc1CNC1CNC(=O)C1. The van der Waals surface area contributed by atoms with Crippen LogP contribution in [0.25, 0.3) is 0 Å². The van der Waals surface area contributed by atoms with Crippen LogP contribution >= 0.6 is 0 Å². The van der Waals surface area contributed by atoms with Gasteiger partial charge in [-0.25, -0.2) is 0 Å². The third-order valence-corrected chi connectivity index (χ3v) is 2.60. The first-order valence-corrected chi connectivity index (χ1v) is 4.86. The van der Waals surface area contributed by atoms with E-state index in [1.165, 1.54) is 5.69 Å². The third-order valence-electron chi connectivity index (χ3n) is 2.60. The molecule has 1 aliphatic rings. The van der Waals surface area contributed by atoms with Crippen LogP contribution in [-0.4, -0.2) is 23.1 Å². The highest BCUT2D eigenvalue weighted by Crippen LogP contribution is 2.03. The van der Waals surface area contributed by atoms with E-state index in [1.54, 1.807) is 0 Å². The molecule has 1 aromatic rings. The lowest BCUT2D eigenvalue weighted by atomic mass is 10.2. The molecule has 76 valence electrons. The number of carbonyl (C=O) groups excluding carboxylic acids is 1. The summed E-state index contributed by atoms with van der Waals surface area (Å²) < 4.78 is 2.08. The molecule has 1 amide bonds. The quantitative estimate of drug-likeness (QED) is 0.710. The van der Waals surface area contributed by atoms with Gasteiger partial charge in [0.1, 0.15) is 0 Å². The molecule has 2 rings (SSSR count). The zero-order chi connectivity index (χ0) is 9.97. The summed E-state index contributed by atoms with van der Waals surface area (Å²) >= 11 is 0. The summed E-state index contributed by atoms with van der Waals surface area (Å²) in [4.78, 5) is 10.9. The van der Waals surface area contributed by atoms with E-state index in [9.17, 15) is 4.79 Å². The smallest absolute Gasteiger partial charge is 0.221 e. The minimum Gasteiger partial charge on any atom is -0.354 e. The second kappa shape index (κ2) is 3.84. The summed E-state index contributed by atoms with van der Waals surface area (Å²) in [6.45, 7) is 1.58. The lowest BCUT2D eigenvalue weighted by Crippen LogP contribution is -2.30. The molecule has 0 aliphatic carbocycles. The molecule has 1 atom stereocenters. The number of nitrogens with one attached hydrogen (secondary N) is 2. The van der Waals surface area contributed by atoms with Crippen molar-refractivity contribution in [3.05, 3.63) is 24.0 Å². The zero-order valence-electron chi connectivity index (χ0n) is 8.29. The van der Waals surface area contributed by atoms with Gasteiger partial charge in [0.25, 0.3) is 0 Å². The summed E-state index contributed by atoms with van der Waals surface area (Å²) in [5.41, 5.74) is 1.24. The Morgan fingerprint density at radius 2 is 2.57 bits per heavy atom. The highest BCUT2D eigenvalue weighted by Gasteiger charge is 2.20. The molecule has 1 saturated heterocycles. The fourth-order valence-electron chi connectivity index (χ4n) is 1.68. The molecule has 2 heterocycles. The van der Waals surface area contributed by atoms with Gasteiger partial charge >= 0.3 is 0 Å². The molecular formula is C10H15N3O. The van der Waals surface area contributed by atoms with Gasteiger partial charge in [-0.1, -0.05) is 0 Å². The minimum atomic E-state index is 0.148. The van der Waals surface area contributed by atoms with Crippen molar-refractivity contribution in [2.24, 2.45) is 7.05 Å². The predicted octanol–water partition coefficient (Wildman–Crippen LogP) is 0.00320. The average Bonchev–Trinajstić information content (AvgIpc) is 2.72. The average molecular weight is 193 g/mol. The molecule has 1 aliphatic heterocycles. The summed E-state index contributed by atoms with van der Waals surface area (Å²) in [5, 5.41) is 6.16. The molecular weight excluding hydrogens is 178 g/mol. The number of hydrogen-bond donors (Lipinski definition) is 2. The monoisotopic (exact) mass is 193 g/mol. The molecule has 2 N–H and O–H groups in total. The minimum absolute atomic E-state index is 0.148. The number of carbonyl (C=O) groups is 1. The first-order valence-electron chi connectivity index (χ1n) is 4.86. The molecule has 0 spiro atoms. The van der Waals surface area contributed by atoms with E-state index in [2.05, 4.69) is 21.3 Å². The lowest BCUT2D eigenvalue weighted by Gasteiger charge is -2.10. The highest BCUT2D eigenvalue weighted by molar-refractivity contribution is 5.78. The molecule has 0 bridgehead atoms. The van der Waals surface area contributed by atoms with Crippen molar-refractivity contribution >= 4 is 5.91 Å². The van der Waals surface area contributed by atoms with Gasteiger partial charge in [-0.05, 0) is 12.1 Å². The van der Waals surface area contributed by atoms with Crippen molar-refractivity contribution in [1.82, 2.24) is 15.2 Å². The number of amides is 1. The van der Waals surface area contributed by atoms with Gasteiger partial charge < -0.3 is 15.2 Å². The summed E-state index contributed by atoms with van der Waals surface area (Å²) in [7, 11) is 2.02. The van der Waals surface area contributed by atoms with Crippen LogP contribution in [0, 0.1) is 0 Å². The van der Waals surface area contributed by atoms with Crippen LogP contribution in [-0.2, 0) is 18.4 Å². The molecule has 1 unspecified atom stereocenters. The van der Waals surface area contributed by atoms with Crippen LogP contribution in [0.4, 0.5) is 0 Å². The van der Waals surface area contributed by atoms with E-state index < -0.39 is 0 Å². The van der Waals surface area contributed by atoms with E-state index in [-0.39, 0.29) is 11.9 Å². The maximum Gasteiger partial charge on any atom is 0.221 e. The largest absolute Gasteiger partial charge is 0.354 e. The maximum absolute atomic E-state index is 10.9. The van der Waals surface area contributed by atoms with E-state index in [4.69, 9.17) is 0 Å². The van der Waals surface area contributed by atoms with Crippen molar-refractivity contribution in [2.75, 3.05) is 6.54 Å². The van der Waals surface area contributed by atoms with Crippen molar-refractivity contribution < 1.29 is 4.79 Å². The standard InChI is InChI=1S/C10H15N3O/c1-13-4-2-3-9(13)7-11-8-5-10(14)12-6-8/h2-4,8,11H,5-7H2,1H3,(H,12,14). The van der Waals surface area contributed by atoms with Crippen LogP contribution in [0.3, 0.4) is 0 Å². The Morgan fingerprint density at radius 1 is 1.71 bits per heavy atom. The second-order valence-corrected chi connectivity index (χ2v) is 3.70. The first kappa shape index (κ1) is 9.27. The number of rotatable bonds is 3. The van der Waals surface area contributed by atoms with Crippen LogP contribution < -0.4 is 10.6 Å². The molecule has 0 saturated carbocycles. The van der Waals surface area contributed by atoms with Crippen LogP contribution in [0.1, 0.15) is 12.1 Å². The maximum atomic E-state index is 10.9. The number of nitrogens with zero attached hydrogens (tertiary/aromatic N) is 1. The van der Waals surface area contributed by atoms with Crippen LogP contribution in [0.2, 0.25) is 0 Å². The Balaban J connectivity index is 1.83. The first-order chi connectivity index (χ1) is 6.75. The Hall–Kier alpha value is -1.29. The Labute approximate surface area is 83.3 Å². The Bertz CT molecular complexity index is 332. The van der Waals surface area contributed by atoms with Gasteiger partial charge in [0.05, 0.1) is 0 Å². The predicted molar refractivity (Wildman–Crippen MR) is 53.7 cm³/mol.